The molecule has 3 rings (SSSR count). The number of fused-ring (bicyclic) bond motifs is 1. The van der Waals surface area contributed by atoms with Gasteiger partial charge in [0.1, 0.15) is 18.7 Å². The van der Waals surface area contributed by atoms with Crippen molar-refractivity contribution >= 4 is 32.9 Å². The topological polar surface area (TPSA) is 119 Å². The van der Waals surface area contributed by atoms with E-state index in [4.69, 9.17) is 15.6 Å². The minimum atomic E-state index is -0.724. The molecule has 4 N–H and O–H groups in total. The van der Waals surface area contributed by atoms with E-state index in [-0.39, 0.29) is 12.4 Å². The first-order chi connectivity index (χ1) is 9.11. The molecule has 0 saturated carbocycles. The van der Waals surface area contributed by atoms with Crippen LogP contribution in [0.1, 0.15) is 12.6 Å². The van der Waals surface area contributed by atoms with Gasteiger partial charge in [0.05, 0.1) is 12.7 Å². The Morgan fingerprint density at radius 2 is 2.32 bits per heavy atom. The number of nitrogens with zero attached hydrogens (tertiary/aromatic N) is 4. The van der Waals surface area contributed by atoms with Gasteiger partial charge < -0.3 is 20.7 Å². The molecule has 0 aliphatic carbocycles. The average molecular weight is 330 g/mol. The number of hydrogen-bond acceptors (Lipinski definition) is 7. The van der Waals surface area contributed by atoms with Gasteiger partial charge in [-0.05, 0) is 15.9 Å². The lowest BCUT2D eigenvalue weighted by Crippen LogP contribution is -2.24. The predicted molar refractivity (Wildman–Crippen MR) is 69.1 cm³/mol. The third-order valence-electron chi connectivity index (χ3n) is 3.13. The summed E-state index contributed by atoms with van der Waals surface area (Å²) in [6.45, 7) is -0.237. The van der Waals surface area contributed by atoms with Gasteiger partial charge in [-0.25, -0.2) is 15.0 Å². The van der Waals surface area contributed by atoms with E-state index >= 15 is 0 Å². The fourth-order valence-corrected chi connectivity index (χ4v) is 2.77. The van der Waals surface area contributed by atoms with Crippen molar-refractivity contribution in [2.24, 2.45) is 0 Å². The maximum atomic E-state index is 9.78. The quantitative estimate of drug-likeness (QED) is 0.653. The summed E-state index contributed by atoms with van der Waals surface area (Å²) in [6, 6.07) is 0. The molecule has 9 heteroatoms. The molecule has 0 aromatic carbocycles. The largest absolute Gasteiger partial charge is 0.394 e. The summed E-state index contributed by atoms with van der Waals surface area (Å²) < 4.78 is 7.77. The van der Waals surface area contributed by atoms with Crippen molar-refractivity contribution in [3.63, 3.8) is 0 Å². The predicted octanol–water partition coefficient (Wildman–Crippen LogP) is -0.188. The van der Waals surface area contributed by atoms with Gasteiger partial charge >= 0.3 is 0 Å². The van der Waals surface area contributed by atoms with Crippen LogP contribution in [-0.2, 0) is 4.74 Å². The van der Waals surface area contributed by atoms with Gasteiger partial charge in [-0.15, -0.1) is 0 Å². The van der Waals surface area contributed by atoms with Gasteiger partial charge in [-0.3, -0.25) is 4.57 Å². The SMILES string of the molecule is Nc1ncnc2c1nc(Br)n2[C@H]1C[C@@H](O)[C@@H](CO)O1. The summed E-state index contributed by atoms with van der Waals surface area (Å²) in [5, 5.41) is 18.9. The lowest BCUT2D eigenvalue weighted by Gasteiger charge is -2.14. The Hall–Kier alpha value is -1.29. The van der Waals surface area contributed by atoms with E-state index in [0.29, 0.717) is 22.3 Å². The summed E-state index contributed by atoms with van der Waals surface area (Å²) in [5.41, 5.74) is 6.74. The molecule has 1 saturated heterocycles. The molecule has 3 heterocycles. The number of anilines is 1. The Bertz CT molecular complexity index is 618. The standard InChI is InChI=1S/C10H12BrN5O3/c11-10-15-7-8(12)13-3-14-9(7)16(10)6-1-4(18)5(2-17)19-6/h3-6,17-18H,1-2H2,(H2,12,13,14)/t4-,5-,6-/m1/s1. The smallest absolute Gasteiger partial charge is 0.181 e. The minimum Gasteiger partial charge on any atom is -0.394 e. The van der Waals surface area contributed by atoms with E-state index in [0.717, 1.165) is 0 Å². The molecule has 0 spiro atoms. The van der Waals surface area contributed by atoms with Crippen LogP contribution in [-0.4, -0.2) is 48.5 Å². The van der Waals surface area contributed by atoms with Crippen LogP contribution >= 0.6 is 15.9 Å². The van der Waals surface area contributed by atoms with Crippen molar-refractivity contribution in [3.8, 4) is 0 Å². The van der Waals surface area contributed by atoms with Crippen LogP contribution in [0.5, 0.6) is 0 Å². The first-order valence-electron chi connectivity index (χ1n) is 5.70. The zero-order chi connectivity index (χ0) is 13.6. The Kier molecular flexibility index (Phi) is 3.13. The number of aliphatic hydroxyl groups excluding tert-OH is 2. The Morgan fingerprint density at radius 3 is 3.00 bits per heavy atom. The number of aromatic nitrogens is 4. The van der Waals surface area contributed by atoms with Crippen molar-refractivity contribution in [3.05, 3.63) is 11.1 Å². The summed E-state index contributed by atoms with van der Waals surface area (Å²) in [4.78, 5) is 12.3. The number of nitrogens with two attached hydrogens (primary N) is 1. The van der Waals surface area contributed by atoms with Gasteiger partial charge in [0.25, 0.3) is 0 Å². The number of imidazole rings is 1. The van der Waals surface area contributed by atoms with Gasteiger partial charge in [0.15, 0.2) is 21.7 Å². The molecule has 0 radical (unpaired) electrons. The average Bonchev–Trinajstić information content (AvgIpc) is 2.90. The highest BCUT2D eigenvalue weighted by molar-refractivity contribution is 9.10. The van der Waals surface area contributed by atoms with Crippen molar-refractivity contribution in [1.29, 1.82) is 0 Å². The van der Waals surface area contributed by atoms with Gasteiger partial charge in [0.2, 0.25) is 0 Å². The maximum Gasteiger partial charge on any atom is 0.181 e. The monoisotopic (exact) mass is 329 g/mol. The molecule has 19 heavy (non-hydrogen) atoms. The highest BCUT2D eigenvalue weighted by Crippen LogP contribution is 2.34. The molecule has 102 valence electrons. The minimum absolute atomic E-state index is 0.237. The number of ether oxygens (including phenoxy) is 1. The molecule has 8 nitrogen and oxygen atoms in total. The summed E-state index contributed by atoms with van der Waals surface area (Å²) in [6.07, 6.45) is -0.0935. The normalized spacial score (nSPS) is 27.2. The molecule has 3 atom stereocenters. The zero-order valence-corrected chi connectivity index (χ0v) is 11.4. The van der Waals surface area contributed by atoms with Crippen LogP contribution in [0.25, 0.3) is 11.2 Å². The number of hydrogen-bond donors (Lipinski definition) is 3. The highest BCUT2D eigenvalue weighted by atomic mass is 79.9. The molecule has 2 aromatic rings. The van der Waals surface area contributed by atoms with E-state index in [2.05, 4.69) is 30.9 Å². The summed E-state index contributed by atoms with van der Waals surface area (Å²) in [5.74, 6) is 0.279. The van der Waals surface area contributed by atoms with Crippen LogP contribution in [0, 0.1) is 0 Å². The van der Waals surface area contributed by atoms with Crippen molar-refractivity contribution < 1.29 is 14.9 Å². The van der Waals surface area contributed by atoms with Crippen LogP contribution in [0.2, 0.25) is 0 Å². The van der Waals surface area contributed by atoms with Crippen LogP contribution in [0.15, 0.2) is 11.1 Å². The molecule has 0 unspecified atom stereocenters. The zero-order valence-electron chi connectivity index (χ0n) is 9.77. The third-order valence-corrected chi connectivity index (χ3v) is 3.69. The second-order valence-electron chi connectivity index (χ2n) is 4.30. The lowest BCUT2D eigenvalue weighted by atomic mass is 10.2. The van der Waals surface area contributed by atoms with Crippen molar-refractivity contribution in [2.45, 2.75) is 24.9 Å². The molecule has 0 bridgehead atoms. The van der Waals surface area contributed by atoms with E-state index in [1.54, 1.807) is 4.57 Å². The highest BCUT2D eigenvalue weighted by Gasteiger charge is 2.36. The van der Waals surface area contributed by atoms with Crippen molar-refractivity contribution in [2.75, 3.05) is 12.3 Å². The number of aliphatic hydroxyl groups is 2. The van der Waals surface area contributed by atoms with Gasteiger partial charge in [-0.2, -0.15) is 0 Å². The maximum absolute atomic E-state index is 9.78. The fourth-order valence-electron chi connectivity index (χ4n) is 2.19. The molecule has 0 amide bonds. The summed E-state index contributed by atoms with van der Waals surface area (Å²) in [7, 11) is 0. The molecule has 1 aliphatic heterocycles. The fraction of sp³-hybridized carbons (Fsp3) is 0.500. The first-order valence-corrected chi connectivity index (χ1v) is 6.49. The lowest BCUT2D eigenvalue weighted by molar-refractivity contribution is -0.0439. The Balaban J connectivity index is 2.06. The second kappa shape index (κ2) is 4.67. The molecule has 2 aromatic heterocycles. The summed E-state index contributed by atoms with van der Waals surface area (Å²) >= 11 is 3.32. The molecule has 1 aliphatic rings. The molecular weight excluding hydrogens is 318 g/mol. The van der Waals surface area contributed by atoms with Gasteiger partial charge in [-0.1, -0.05) is 0 Å². The van der Waals surface area contributed by atoms with E-state index < -0.39 is 18.4 Å². The van der Waals surface area contributed by atoms with E-state index in [1.807, 2.05) is 0 Å². The Labute approximate surface area is 116 Å². The molecule has 1 fully saturated rings. The Morgan fingerprint density at radius 1 is 1.53 bits per heavy atom. The molecular formula is C10H12BrN5O3. The van der Waals surface area contributed by atoms with E-state index in [9.17, 15) is 5.11 Å². The van der Waals surface area contributed by atoms with Gasteiger partial charge in [0, 0.05) is 6.42 Å². The number of halogens is 1. The van der Waals surface area contributed by atoms with Crippen LogP contribution in [0.3, 0.4) is 0 Å². The van der Waals surface area contributed by atoms with Crippen molar-refractivity contribution in [1.82, 2.24) is 19.5 Å². The second-order valence-corrected chi connectivity index (χ2v) is 5.01. The van der Waals surface area contributed by atoms with Crippen LogP contribution < -0.4 is 5.73 Å². The van der Waals surface area contributed by atoms with E-state index in [1.165, 1.54) is 6.33 Å². The number of nitrogen functional groups attached to an aromatic ring is 1. The van der Waals surface area contributed by atoms with Crippen LogP contribution in [0.4, 0.5) is 5.82 Å². The number of rotatable bonds is 2. The first kappa shape index (κ1) is 12.7. The third kappa shape index (κ3) is 1.98.